The van der Waals surface area contributed by atoms with Crippen molar-refractivity contribution in [2.24, 2.45) is 0 Å². The molecule has 0 amide bonds. The predicted molar refractivity (Wildman–Crippen MR) is 82.9 cm³/mol. The Morgan fingerprint density at radius 2 is 1.79 bits per heavy atom. The molecule has 0 heterocycles. The number of hydrogen-bond acceptors (Lipinski definition) is 3. The van der Waals surface area contributed by atoms with E-state index in [0.717, 1.165) is 6.07 Å². The molecular formula is C14H10BrF4NO3S. The second kappa shape index (κ2) is 6.60. The Kier molecular flexibility index (Phi) is 5.09. The maximum atomic E-state index is 13.3. The van der Waals surface area contributed by atoms with Crippen LogP contribution in [0.5, 0.6) is 5.75 Å². The molecule has 0 saturated heterocycles. The third-order valence-electron chi connectivity index (χ3n) is 2.94. The Hall–Kier alpha value is -1.81. The van der Waals surface area contributed by atoms with Crippen molar-refractivity contribution in [2.45, 2.75) is 11.1 Å². The Labute approximate surface area is 143 Å². The van der Waals surface area contributed by atoms with Crippen LogP contribution in [0, 0.1) is 5.82 Å². The van der Waals surface area contributed by atoms with E-state index in [1.54, 1.807) is 0 Å². The highest BCUT2D eigenvalue weighted by Gasteiger charge is 2.34. The number of alkyl halides is 3. The number of methoxy groups -OCH3 is 1. The van der Waals surface area contributed by atoms with Crippen molar-refractivity contribution in [3.8, 4) is 5.75 Å². The molecule has 24 heavy (non-hydrogen) atoms. The van der Waals surface area contributed by atoms with Crippen LogP contribution in [-0.4, -0.2) is 15.5 Å². The predicted octanol–water partition coefficient (Wildman–Crippen LogP) is 4.42. The normalized spacial score (nSPS) is 12.1. The molecule has 0 aliphatic carbocycles. The Morgan fingerprint density at radius 3 is 2.38 bits per heavy atom. The zero-order chi connectivity index (χ0) is 18.1. The SMILES string of the molecule is COc1ccc(Br)cc1S(=O)(=O)Nc1ccc(F)c(C(F)(F)F)c1. The Bertz CT molecular complexity index is 869. The van der Waals surface area contributed by atoms with Gasteiger partial charge in [-0.2, -0.15) is 13.2 Å². The van der Waals surface area contributed by atoms with Gasteiger partial charge < -0.3 is 4.74 Å². The van der Waals surface area contributed by atoms with Crippen LogP contribution in [0.4, 0.5) is 23.2 Å². The fraction of sp³-hybridized carbons (Fsp3) is 0.143. The van der Waals surface area contributed by atoms with Crippen LogP contribution in [0.1, 0.15) is 5.56 Å². The maximum Gasteiger partial charge on any atom is 0.419 e. The first-order chi connectivity index (χ1) is 11.0. The number of rotatable bonds is 4. The van der Waals surface area contributed by atoms with E-state index in [0.29, 0.717) is 16.6 Å². The largest absolute Gasteiger partial charge is 0.495 e. The summed E-state index contributed by atoms with van der Waals surface area (Å²) in [4.78, 5) is -0.280. The summed E-state index contributed by atoms with van der Waals surface area (Å²) in [7, 11) is -3.00. The molecule has 0 bridgehead atoms. The number of benzene rings is 2. The topological polar surface area (TPSA) is 55.4 Å². The Morgan fingerprint density at radius 1 is 1.12 bits per heavy atom. The summed E-state index contributed by atoms with van der Waals surface area (Å²) in [6, 6.07) is 5.97. The number of ether oxygens (including phenoxy) is 1. The summed E-state index contributed by atoms with van der Waals surface area (Å²) in [6.07, 6.45) is -4.95. The number of halogens is 5. The van der Waals surface area contributed by atoms with Gasteiger partial charge in [0.25, 0.3) is 10.0 Å². The molecule has 2 aromatic rings. The lowest BCUT2D eigenvalue weighted by molar-refractivity contribution is -0.139. The van der Waals surface area contributed by atoms with Gasteiger partial charge in [-0.05, 0) is 36.4 Å². The van der Waals surface area contributed by atoms with E-state index in [9.17, 15) is 26.0 Å². The van der Waals surface area contributed by atoms with Gasteiger partial charge in [0.2, 0.25) is 0 Å². The van der Waals surface area contributed by atoms with Gasteiger partial charge >= 0.3 is 6.18 Å². The van der Waals surface area contributed by atoms with Crippen molar-refractivity contribution in [2.75, 3.05) is 11.8 Å². The van der Waals surface area contributed by atoms with Crippen LogP contribution in [0.15, 0.2) is 45.8 Å². The van der Waals surface area contributed by atoms with E-state index in [1.807, 2.05) is 4.72 Å². The minimum atomic E-state index is -4.95. The summed E-state index contributed by atoms with van der Waals surface area (Å²) < 4.78 is 83.5. The second-order valence-corrected chi connectivity index (χ2v) is 7.16. The van der Waals surface area contributed by atoms with E-state index in [1.165, 1.54) is 25.3 Å². The molecule has 1 N–H and O–H groups in total. The molecular weight excluding hydrogens is 418 g/mol. The molecule has 0 radical (unpaired) electrons. The summed E-state index contributed by atoms with van der Waals surface area (Å²) in [5, 5.41) is 0. The molecule has 0 aromatic heterocycles. The van der Waals surface area contributed by atoms with Crippen molar-refractivity contribution in [1.82, 2.24) is 0 Å². The fourth-order valence-corrected chi connectivity index (χ4v) is 3.63. The van der Waals surface area contributed by atoms with Gasteiger partial charge in [0.05, 0.1) is 12.7 Å². The lowest BCUT2D eigenvalue weighted by atomic mass is 10.2. The van der Waals surface area contributed by atoms with Crippen molar-refractivity contribution >= 4 is 31.6 Å². The van der Waals surface area contributed by atoms with Gasteiger partial charge in [0.15, 0.2) is 0 Å². The van der Waals surface area contributed by atoms with Gasteiger partial charge in [-0.15, -0.1) is 0 Å². The maximum absolute atomic E-state index is 13.3. The summed E-state index contributed by atoms with van der Waals surface area (Å²) in [5.41, 5.74) is -1.99. The minimum Gasteiger partial charge on any atom is -0.495 e. The summed E-state index contributed by atoms with van der Waals surface area (Å²) in [6.45, 7) is 0. The molecule has 0 saturated carbocycles. The molecule has 2 rings (SSSR count). The van der Waals surface area contributed by atoms with Crippen molar-refractivity contribution in [1.29, 1.82) is 0 Å². The van der Waals surface area contributed by atoms with Gasteiger partial charge in [0.1, 0.15) is 16.5 Å². The first-order valence-electron chi connectivity index (χ1n) is 6.27. The highest BCUT2D eigenvalue weighted by molar-refractivity contribution is 9.10. The number of nitrogens with one attached hydrogen (secondary N) is 1. The molecule has 0 aliphatic heterocycles. The number of anilines is 1. The molecule has 2 aromatic carbocycles. The van der Waals surface area contributed by atoms with Crippen LogP contribution in [0.3, 0.4) is 0 Å². The zero-order valence-corrected chi connectivity index (χ0v) is 14.4. The number of sulfonamides is 1. The van der Waals surface area contributed by atoms with Gasteiger partial charge in [-0.1, -0.05) is 15.9 Å². The third-order valence-corrected chi connectivity index (χ3v) is 4.83. The summed E-state index contributed by atoms with van der Waals surface area (Å²) >= 11 is 3.10. The van der Waals surface area contributed by atoms with Crippen LogP contribution < -0.4 is 9.46 Å². The quantitative estimate of drug-likeness (QED) is 0.734. The van der Waals surface area contributed by atoms with Gasteiger partial charge in [-0.3, -0.25) is 4.72 Å². The Balaban J connectivity index is 2.46. The molecule has 0 atom stereocenters. The number of hydrogen-bond donors (Lipinski definition) is 1. The van der Waals surface area contributed by atoms with Crippen molar-refractivity contribution < 1.29 is 30.7 Å². The molecule has 0 aliphatic rings. The minimum absolute atomic E-state index is 0.00357. The fourth-order valence-electron chi connectivity index (χ4n) is 1.88. The van der Waals surface area contributed by atoms with Crippen LogP contribution in [0.25, 0.3) is 0 Å². The van der Waals surface area contributed by atoms with Crippen molar-refractivity contribution in [3.63, 3.8) is 0 Å². The smallest absolute Gasteiger partial charge is 0.419 e. The molecule has 0 spiro atoms. The summed E-state index contributed by atoms with van der Waals surface area (Å²) in [5.74, 6) is -1.49. The molecule has 4 nitrogen and oxygen atoms in total. The van der Waals surface area contributed by atoms with Crippen LogP contribution in [-0.2, 0) is 16.2 Å². The lowest BCUT2D eigenvalue weighted by Crippen LogP contribution is -2.15. The van der Waals surface area contributed by atoms with Crippen LogP contribution in [0.2, 0.25) is 0 Å². The molecule has 0 unspecified atom stereocenters. The van der Waals surface area contributed by atoms with E-state index in [2.05, 4.69) is 15.9 Å². The van der Waals surface area contributed by atoms with E-state index >= 15 is 0 Å². The van der Waals surface area contributed by atoms with Gasteiger partial charge in [0, 0.05) is 10.2 Å². The van der Waals surface area contributed by atoms with E-state index in [4.69, 9.17) is 4.74 Å². The molecule has 130 valence electrons. The van der Waals surface area contributed by atoms with E-state index in [-0.39, 0.29) is 10.6 Å². The average molecular weight is 428 g/mol. The standard InChI is InChI=1S/C14H10BrF4NO3S/c1-23-12-5-2-8(15)6-13(12)24(21,22)20-9-3-4-11(16)10(7-9)14(17,18)19/h2-7,20H,1H3. The molecule has 0 fully saturated rings. The van der Waals surface area contributed by atoms with E-state index < -0.39 is 33.3 Å². The monoisotopic (exact) mass is 427 g/mol. The third kappa shape index (κ3) is 3.99. The van der Waals surface area contributed by atoms with Gasteiger partial charge in [-0.25, -0.2) is 12.8 Å². The highest BCUT2D eigenvalue weighted by atomic mass is 79.9. The molecule has 10 heteroatoms. The zero-order valence-electron chi connectivity index (χ0n) is 12.0. The second-order valence-electron chi connectivity index (χ2n) is 4.59. The lowest BCUT2D eigenvalue weighted by Gasteiger charge is -2.14. The van der Waals surface area contributed by atoms with Crippen LogP contribution >= 0.6 is 15.9 Å². The van der Waals surface area contributed by atoms with Crippen molar-refractivity contribution in [3.05, 3.63) is 52.3 Å². The highest BCUT2D eigenvalue weighted by Crippen LogP contribution is 2.34. The first-order valence-corrected chi connectivity index (χ1v) is 8.55. The first kappa shape index (κ1) is 18.5. The average Bonchev–Trinajstić information content (AvgIpc) is 2.48.